The van der Waals surface area contributed by atoms with E-state index in [4.69, 9.17) is 11.6 Å². The molecular weight excluding hydrogens is 326 g/mol. The highest BCUT2D eigenvalue weighted by Crippen LogP contribution is 2.22. The fourth-order valence-corrected chi connectivity index (χ4v) is 3.52. The lowest BCUT2D eigenvalue weighted by Crippen LogP contribution is -2.28. The van der Waals surface area contributed by atoms with Crippen molar-refractivity contribution in [1.29, 1.82) is 0 Å². The molecule has 6 nitrogen and oxygen atoms in total. The predicted octanol–water partition coefficient (Wildman–Crippen LogP) is 1.57. The molecule has 0 saturated heterocycles. The lowest BCUT2D eigenvalue weighted by atomic mass is 10.2. The molecule has 0 amide bonds. The molecule has 0 aliphatic carbocycles. The lowest BCUT2D eigenvalue weighted by Gasteiger charge is -2.10. The van der Waals surface area contributed by atoms with Gasteiger partial charge in [0, 0.05) is 30.4 Å². The van der Waals surface area contributed by atoms with Crippen LogP contribution in [0.15, 0.2) is 46.2 Å². The van der Waals surface area contributed by atoms with Gasteiger partial charge < -0.3 is 0 Å². The Bertz CT molecular complexity index is 818. The smallest absolute Gasteiger partial charge is 0.266 e. The van der Waals surface area contributed by atoms with Crippen LogP contribution in [0.3, 0.4) is 0 Å². The van der Waals surface area contributed by atoms with Gasteiger partial charge in [0.25, 0.3) is 5.56 Å². The molecular formula is C14H16ClN3O3S. The van der Waals surface area contributed by atoms with Crippen molar-refractivity contribution >= 4 is 21.6 Å². The molecule has 1 aromatic heterocycles. The Labute approximate surface area is 133 Å². The topological polar surface area (TPSA) is 81.1 Å². The van der Waals surface area contributed by atoms with Gasteiger partial charge in [-0.1, -0.05) is 17.7 Å². The minimum Gasteiger partial charge on any atom is -0.268 e. The molecule has 0 aliphatic rings. The second kappa shape index (κ2) is 7.04. The molecule has 1 heterocycles. The third kappa shape index (κ3) is 3.94. The van der Waals surface area contributed by atoms with E-state index in [1.807, 2.05) is 0 Å². The highest BCUT2D eigenvalue weighted by Gasteiger charge is 2.17. The first kappa shape index (κ1) is 16.7. The summed E-state index contributed by atoms with van der Waals surface area (Å²) in [5.41, 5.74) is 0.300. The van der Waals surface area contributed by atoms with E-state index >= 15 is 0 Å². The van der Waals surface area contributed by atoms with Gasteiger partial charge in [0.2, 0.25) is 10.0 Å². The van der Waals surface area contributed by atoms with Crippen LogP contribution in [-0.4, -0.2) is 24.7 Å². The number of aromatic nitrogens is 2. The fraction of sp³-hybridized carbons (Fsp3) is 0.286. The van der Waals surface area contributed by atoms with Crippen LogP contribution >= 0.6 is 11.6 Å². The number of halogens is 1. The van der Waals surface area contributed by atoms with Gasteiger partial charge in [-0.3, -0.25) is 4.79 Å². The zero-order chi connectivity index (χ0) is 16.2. The summed E-state index contributed by atoms with van der Waals surface area (Å²) < 4.78 is 28.3. The summed E-state index contributed by atoms with van der Waals surface area (Å²) in [6.45, 7) is 2.21. The Balaban J connectivity index is 1.98. The van der Waals surface area contributed by atoms with Crippen molar-refractivity contribution in [3.05, 3.63) is 57.5 Å². The number of rotatable bonds is 6. The molecule has 0 bridgehead atoms. The second-order valence-corrected chi connectivity index (χ2v) is 6.84. The molecule has 1 N–H and O–H groups in total. The molecule has 0 aliphatic heterocycles. The molecule has 0 atom stereocenters. The molecule has 1 aromatic carbocycles. The number of benzene rings is 1. The van der Waals surface area contributed by atoms with Gasteiger partial charge in [0.05, 0.1) is 4.90 Å². The van der Waals surface area contributed by atoms with Crippen LogP contribution in [0.2, 0.25) is 5.02 Å². The maximum absolute atomic E-state index is 12.2. The molecule has 118 valence electrons. The quantitative estimate of drug-likeness (QED) is 0.809. The largest absolute Gasteiger partial charge is 0.268 e. The van der Waals surface area contributed by atoms with Crippen LogP contribution in [0, 0.1) is 6.92 Å². The van der Waals surface area contributed by atoms with E-state index in [1.54, 1.807) is 25.1 Å². The van der Waals surface area contributed by atoms with Crippen LogP contribution in [-0.2, 0) is 16.6 Å². The number of aryl methyl sites for hydroxylation is 1. The Morgan fingerprint density at radius 3 is 2.77 bits per heavy atom. The first-order valence-corrected chi connectivity index (χ1v) is 8.55. The summed E-state index contributed by atoms with van der Waals surface area (Å²) in [5, 5.41) is 4.31. The molecule has 22 heavy (non-hydrogen) atoms. The van der Waals surface area contributed by atoms with E-state index in [0.717, 1.165) is 0 Å². The number of sulfonamides is 1. The first-order valence-electron chi connectivity index (χ1n) is 6.69. The van der Waals surface area contributed by atoms with Gasteiger partial charge in [-0.05, 0) is 37.1 Å². The molecule has 0 saturated carbocycles. The van der Waals surface area contributed by atoms with Crippen LogP contribution in [0.1, 0.15) is 12.0 Å². The summed E-state index contributed by atoms with van der Waals surface area (Å²) in [6, 6.07) is 7.71. The van der Waals surface area contributed by atoms with Crippen molar-refractivity contribution in [2.24, 2.45) is 0 Å². The third-order valence-electron chi connectivity index (χ3n) is 3.13. The van der Waals surface area contributed by atoms with E-state index in [0.29, 0.717) is 23.6 Å². The van der Waals surface area contributed by atoms with Crippen molar-refractivity contribution < 1.29 is 8.42 Å². The SMILES string of the molecule is Cc1c(Cl)cccc1S(=O)(=O)NCCCn1ncccc1=O. The minimum absolute atomic E-state index is 0.162. The van der Waals surface area contributed by atoms with E-state index in [9.17, 15) is 13.2 Å². The molecule has 2 rings (SSSR count). The van der Waals surface area contributed by atoms with E-state index in [1.165, 1.54) is 23.0 Å². The van der Waals surface area contributed by atoms with Crippen LogP contribution in [0.5, 0.6) is 0 Å². The highest BCUT2D eigenvalue weighted by molar-refractivity contribution is 7.89. The molecule has 0 radical (unpaired) electrons. The van der Waals surface area contributed by atoms with Gasteiger partial charge in [-0.2, -0.15) is 5.10 Å². The van der Waals surface area contributed by atoms with Crippen LogP contribution in [0.4, 0.5) is 0 Å². The maximum atomic E-state index is 12.2. The molecule has 8 heteroatoms. The van der Waals surface area contributed by atoms with Crippen molar-refractivity contribution in [2.75, 3.05) is 6.54 Å². The summed E-state index contributed by atoms with van der Waals surface area (Å²) in [5.74, 6) is 0. The summed E-state index contributed by atoms with van der Waals surface area (Å²) in [6.07, 6.45) is 1.97. The van der Waals surface area contributed by atoms with Gasteiger partial charge in [0.15, 0.2) is 0 Å². The van der Waals surface area contributed by atoms with E-state index in [2.05, 4.69) is 9.82 Å². The predicted molar refractivity (Wildman–Crippen MR) is 84.5 cm³/mol. The Morgan fingerprint density at radius 1 is 1.27 bits per heavy atom. The number of hydrogen-bond donors (Lipinski definition) is 1. The van der Waals surface area contributed by atoms with Crippen LogP contribution < -0.4 is 10.3 Å². The lowest BCUT2D eigenvalue weighted by molar-refractivity contribution is 0.535. The van der Waals surface area contributed by atoms with Crippen LogP contribution in [0.25, 0.3) is 0 Å². The van der Waals surface area contributed by atoms with Crippen molar-refractivity contribution in [3.63, 3.8) is 0 Å². The first-order chi connectivity index (χ1) is 10.4. The zero-order valence-corrected chi connectivity index (χ0v) is 13.6. The van der Waals surface area contributed by atoms with Gasteiger partial charge in [0.1, 0.15) is 0 Å². The molecule has 0 fully saturated rings. The second-order valence-electron chi connectivity index (χ2n) is 4.70. The van der Waals surface area contributed by atoms with E-state index < -0.39 is 10.0 Å². The zero-order valence-electron chi connectivity index (χ0n) is 12.0. The Hall–Kier alpha value is -1.70. The number of nitrogens with one attached hydrogen (secondary N) is 1. The Kier molecular flexibility index (Phi) is 5.33. The maximum Gasteiger partial charge on any atom is 0.266 e. The monoisotopic (exact) mass is 341 g/mol. The van der Waals surface area contributed by atoms with Gasteiger partial charge in [-0.15, -0.1) is 0 Å². The van der Waals surface area contributed by atoms with E-state index in [-0.39, 0.29) is 17.0 Å². The summed E-state index contributed by atoms with van der Waals surface area (Å²) in [4.78, 5) is 11.6. The average Bonchev–Trinajstić information content (AvgIpc) is 2.48. The molecule has 2 aromatic rings. The van der Waals surface area contributed by atoms with Crippen molar-refractivity contribution in [1.82, 2.24) is 14.5 Å². The number of nitrogens with zero attached hydrogens (tertiary/aromatic N) is 2. The van der Waals surface area contributed by atoms with Crippen molar-refractivity contribution in [3.8, 4) is 0 Å². The Morgan fingerprint density at radius 2 is 2.05 bits per heavy atom. The standard InChI is InChI=1S/C14H16ClN3O3S/c1-11-12(15)5-2-6-13(11)22(20,21)17-9-4-10-18-14(19)7-3-8-16-18/h2-3,5-8,17H,4,9-10H2,1H3. The number of hydrogen-bond acceptors (Lipinski definition) is 4. The normalized spacial score (nSPS) is 11.5. The third-order valence-corrected chi connectivity index (χ3v) is 5.15. The summed E-state index contributed by atoms with van der Waals surface area (Å²) >= 11 is 5.94. The van der Waals surface area contributed by atoms with Gasteiger partial charge in [-0.25, -0.2) is 17.8 Å². The molecule has 0 spiro atoms. The highest BCUT2D eigenvalue weighted by atomic mass is 35.5. The van der Waals surface area contributed by atoms with Gasteiger partial charge >= 0.3 is 0 Å². The summed E-state index contributed by atoms with van der Waals surface area (Å²) in [7, 11) is -3.62. The van der Waals surface area contributed by atoms with Crippen molar-refractivity contribution in [2.45, 2.75) is 24.8 Å². The fourth-order valence-electron chi connectivity index (χ4n) is 1.95. The molecule has 0 unspecified atom stereocenters. The average molecular weight is 342 g/mol. The minimum atomic E-state index is -3.62.